The molecule has 1 aliphatic heterocycles. The van der Waals surface area contributed by atoms with Crippen molar-refractivity contribution in [3.8, 4) is 6.07 Å². The normalized spacial score (nSPS) is 18.7. The van der Waals surface area contributed by atoms with Crippen LogP contribution >= 0.6 is 11.8 Å². The molecule has 1 aromatic rings. The highest BCUT2D eigenvalue weighted by Gasteiger charge is 2.33. The van der Waals surface area contributed by atoms with Crippen molar-refractivity contribution in [1.82, 2.24) is 10.2 Å². The number of nitrogens with one attached hydrogen (secondary N) is 1. The van der Waals surface area contributed by atoms with Gasteiger partial charge in [-0.25, -0.2) is 0 Å². The molecule has 7 heteroatoms. The van der Waals surface area contributed by atoms with Crippen molar-refractivity contribution in [1.29, 1.82) is 5.26 Å². The summed E-state index contributed by atoms with van der Waals surface area (Å²) in [6.45, 7) is 3.78. The number of nitrogens with zero attached hydrogens (tertiary/aromatic N) is 3. The molecule has 100 valence electrons. The van der Waals surface area contributed by atoms with E-state index < -0.39 is 0 Å². The summed E-state index contributed by atoms with van der Waals surface area (Å²) in [5, 5.41) is 15.9. The van der Waals surface area contributed by atoms with Gasteiger partial charge in [-0.1, -0.05) is 11.8 Å². The van der Waals surface area contributed by atoms with E-state index in [1.54, 1.807) is 6.92 Å². The Labute approximate surface area is 115 Å². The molecule has 1 amide bonds. The number of thioether (sulfide) groups is 1. The zero-order chi connectivity index (χ0) is 14.0. The maximum Gasteiger partial charge on any atom is 0.228 e. The zero-order valence-electron chi connectivity index (χ0n) is 10.8. The molecule has 0 aromatic carbocycles. The largest absolute Gasteiger partial charge is 0.294 e. The van der Waals surface area contributed by atoms with Crippen molar-refractivity contribution in [3.63, 3.8) is 0 Å². The van der Waals surface area contributed by atoms with Crippen molar-refractivity contribution < 1.29 is 9.59 Å². The summed E-state index contributed by atoms with van der Waals surface area (Å²) in [4.78, 5) is 24.5. The number of hydrogen-bond donors (Lipinski definition) is 1. The van der Waals surface area contributed by atoms with Gasteiger partial charge < -0.3 is 0 Å². The molecule has 1 fully saturated rings. The number of H-pyrrole nitrogens is 1. The summed E-state index contributed by atoms with van der Waals surface area (Å²) in [6.07, 6.45) is 0.400. The molecule has 1 N–H and O–H groups in total. The van der Waals surface area contributed by atoms with Gasteiger partial charge in [0.2, 0.25) is 5.91 Å². The van der Waals surface area contributed by atoms with Crippen molar-refractivity contribution >= 4 is 28.6 Å². The van der Waals surface area contributed by atoms with Crippen molar-refractivity contribution in [2.24, 2.45) is 5.92 Å². The fourth-order valence-electron chi connectivity index (χ4n) is 2.08. The highest BCUT2D eigenvalue weighted by molar-refractivity contribution is 8.13. The molecule has 1 saturated heterocycles. The van der Waals surface area contributed by atoms with Crippen LogP contribution in [0.15, 0.2) is 0 Å². The van der Waals surface area contributed by atoms with Crippen LogP contribution in [0, 0.1) is 24.2 Å². The van der Waals surface area contributed by atoms with E-state index in [2.05, 4.69) is 16.3 Å². The lowest BCUT2D eigenvalue weighted by Gasteiger charge is -2.13. The topological polar surface area (TPSA) is 89.8 Å². The molecular weight excluding hydrogens is 264 g/mol. The third-order valence-electron chi connectivity index (χ3n) is 3.02. The van der Waals surface area contributed by atoms with E-state index in [-0.39, 0.29) is 16.9 Å². The minimum Gasteiger partial charge on any atom is -0.294 e. The van der Waals surface area contributed by atoms with Crippen LogP contribution in [0.5, 0.6) is 0 Å². The Morgan fingerprint density at radius 3 is 3.05 bits per heavy atom. The summed E-state index contributed by atoms with van der Waals surface area (Å²) >= 11 is 1.23. The fraction of sp³-hybridized carbons (Fsp3) is 0.500. The second-order valence-electron chi connectivity index (χ2n) is 4.54. The first kappa shape index (κ1) is 13.6. The van der Waals surface area contributed by atoms with Crippen molar-refractivity contribution in [2.45, 2.75) is 20.3 Å². The molecule has 0 aliphatic carbocycles. The minimum absolute atomic E-state index is 0.0443. The highest BCUT2D eigenvalue weighted by atomic mass is 32.2. The first-order valence-electron chi connectivity index (χ1n) is 5.91. The van der Waals surface area contributed by atoms with Gasteiger partial charge in [-0.05, 0) is 12.8 Å². The monoisotopic (exact) mass is 278 g/mol. The number of aromatic amines is 1. The Hall–Kier alpha value is -1.81. The van der Waals surface area contributed by atoms with Crippen molar-refractivity contribution in [2.75, 3.05) is 17.2 Å². The molecule has 1 unspecified atom stereocenters. The van der Waals surface area contributed by atoms with Crippen LogP contribution in [-0.2, 0) is 9.59 Å². The average molecular weight is 278 g/mol. The van der Waals surface area contributed by atoms with Crippen LogP contribution in [-0.4, -0.2) is 33.5 Å². The Bertz CT molecular complexity index is 561. The van der Waals surface area contributed by atoms with Crippen LogP contribution in [0.3, 0.4) is 0 Å². The molecule has 19 heavy (non-hydrogen) atoms. The summed E-state index contributed by atoms with van der Waals surface area (Å²) in [5.74, 6) is 1.12. The molecule has 2 rings (SSSR count). The number of aryl methyl sites for hydroxylation is 1. The molecule has 0 radical (unpaired) electrons. The molecule has 0 spiro atoms. The lowest BCUT2D eigenvalue weighted by molar-refractivity contribution is -0.117. The highest BCUT2D eigenvalue weighted by Crippen LogP contribution is 2.29. The molecule has 0 bridgehead atoms. The minimum atomic E-state index is -0.0443. The Kier molecular flexibility index (Phi) is 3.90. The van der Waals surface area contributed by atoms with Gasteiger partial charge in [-0.2, -0.15) is 10.4 Å². The van der Waals surface area contributed by atoms with Crippen LogP contribution < -0.4 is 4.90 Å². The van der Waals surface area contributed by atoms with Gasteiger partial charge >= 0.3 is 0 Å². The number of carbonyl (C=O) groups is 2. The number of nitriles is 1. The number of amides is 1. The third kappa shape index (κ3) is 2.79. The van der Waals surface area contributed by atoms with Gasteiger partial charge in [-0.3, -0.25) is 19.6 Å². The number of hydrogen-bond acceptors (Lipinski definition) is 5. The van der Waals surface area contributed by atoms with Gasteiger partial charge in [0.05, 0.1) is 5.69 Å². The Morgan fingerprint density at radius 1 is 1.68 bits per heavy atom. The first-order chi connectivity index (χ1) is 9.02. The number of rotatable bonds is 3. The van der Waals surface area contributed by atoms with Gasteiger partial charge in [0.1, 0.15) is 11.6 Å². The molecule has 0 saturated carbocycles. The van der Waals surface area contributed by atoms with E-state index in [9.17, 15) is 9.59 Å². The maximum absolute atomic E-state index is 12.0. The SMILES string of the molecule is CC(=O)SCC1CC(=O)N(c2n[nH]c(C)c2C#N)C1. The summed E-state index contributed by atoms with van der Waals surface area (Å²) in [7, 11) is 0. The molecule has 2 heterocycles. The smallest absolute Gasteiger partial charge is 0.228 e. The molecule has 1 aromatic heterocycles. The Morgan fingerprint density at radius 2 is 2.42 bits per heavy atom. The van der Waals surface area contributed by atoms with Crippen LogP contribution in [0.2, 0.25) is 0 Å². The summed E-state index contributed by atoms with van der Waals surface area (Å²) in [6, 6.07) is 2.06. The third-order valence-corrected chi connectivity index (χ3v) is 4.07. The molecular formula is C12H14N4O2S. The summed E-state index contributed by atoms with van der Waals surface area (Å²) in [5.41, 5.74) is 1.07. The second-order valence-corrected chi connectivity index (χ2v) is 5.73. The quantitative estimate of drug-likeness (QED) is 0.898. The predicted molar refractivity (Wildman–Crippen MR) is 71.6 cm³/mol. The predicted octanol–water partition coefficient (Wildman–Crippen LogP) is 1.22. The van der Waals surface area contributed by atoms with Gasteiger partial charge in [0, 0.05) is 25.6 Å². The molecule has 6 nitrogen and oxygen atoms in total. The van der Waals surface area contributed by atoms with E-state index >= 15 is 0 Å². The first-order valence-corrected chi connectivity index (χ1v) is 6.90. The lowest BCUT2D eigenvalue weighted by Crippen LogP contribution is -2.26. The van der Waals surface area contributed by atoms with Crippen LogP contribution in [0.1, 0.15) is 24.6 Å². The van der Waals surface area contributed by atoms with Crippen molar-refractivity contribution in [3.05, 3.63) is 11.3 Å². The van der Waals surface area contributed by atoms with E-state index in [1.807, 2.05) is 0 Å². The van der Waals surface area contributed by atoms with E-state index in [1.165, 1.54) is 23.6 Å². The van der Waals surface area contributed by atoms with Gasteiger partial charge in [-0.15, -0.1) is 0 Å². The van der Waals surface area contributed by atoms with E-state index in [0.29, 0.717) is 35.8 Å². The van der Waals surface area contributed by atoms with Crippen LogP contribution in [0.25, 0.3) is 0 Å². The molecule has 1 aliphatic rings. The Balaban J connectivity index is 2.12. The summed E-state index contributed by atoms with van der Waals surface area (Å²) < 4.78 is 0. The molecule has 1 atom stereocenters. The zero-order valence-corrected chi connectivity index (χ0v) is 11.6. The van der Waals surface area contributed by atoms with E-state index in [0.717, 1.165) is 0 Å². The average Bonchev–Trinajstić information content (AvgIpc) is 2.89. The van der Waals surface area contributed by atoms with Gasteiger partial charge in [0.25, 0.3) is 0 Å². The fourth-order valence-corrected chi connectivity index (χ4v) is 2.77. The lowest BCUT2D eigenvalue weighted by atomic mass is 10.1. The van der Waals surface area contributed by atoms with Gasteiger partial charge in [0.15, 0.2) is 10.9 Å². The number of carbonyl (C=O) groups excluding carboxylic acids is 2. The number of anilines is 1. The standard InChI is InChI=1S/C12H14N4O2S/c1-7-10(4-13)12(15-14-7)16-5-9(3-11(16)18)6-19-8(2)17/h9H,3,5-6H2,1-2H3,(H,14,15). The maximum atomic E-state index is 12.0. The van der Waals surface area contributed by atoms with E-state index in [4.69, 9.17) is 5.26 Å². The second kappa shape index (κ2) is 5.45. The van der Waals surface area contributed by atoms with Crippen LogP contribution in [0.4, 0.5) is 5.82 Å². The number of aromatic nitrogens is 2.